The zero-order chi connectivity index (χ0) is 16.3. The molecule has 1 heterocycles. The fourth-order valence-electron chi connectivity index (χ4n) is 2.29. The number of carbonyl (C=O) groups is 3. The molecular formula is C14H25N3O4. The highest BCUT2D eigenvalue weighted by atomic mass is 16.5. The molecule has 0 saturated carbocycles. The molecule has 0 N–H and O–H groups in total. The summed E-state index contributed by atoms with van der Waals surface area (Å²) < 4.78 is 4.74. The lowest BCUT2D eigenvalue weighted by molar-refractivity contribution is -0.154. The topological polar surface area (TPSA) is 69.9 Å². The van der Waals surface area contributed by atoms with Crippen molar-refractivity contribution in [3.05, 3.63) is 0 Å². The average Bonchev–Trinajstić information content (AvgIpc) is 3.13. The van der Waals surface area contributed by atoms with Gasteiger partial charge < -0.3 is 14.5 Å². The third kappa shape index (κ3) is 4.17. The molecule has 0 aromatic heterocycles. The van der Waals surface area contributed by atoms with E-state index in [1.807, 2.05) is 25.8 Å². The third-order valence-corrected chi connectivity index (χ3v) is 3.78. The molecule has 7 nitrogen and oxygen atoms in total. The number of likely N-dealkylation sites (N-methyl/N-ethyl adjacent to an activating group) is 3. The number of amides is 2. The molecule has 0 aliphatic carbocycles. The number of methoxy groups -OCH3 is 1. The molecule has 2 amide bonds. The lowest BCUT2D eigenvalue weighted by Gasteiger charge is -2.30. The van der Waals surface area contributed by atoms with Gasteiger partial charge in [-0.15, -0.1) is 0 Å². The van der Waals surface area contributed by atoms with Gasteiger partial charge in [-0.3, -0.25) is 14.5 Å². The number of hydrogen-bond acceptors (Lipinski definition) is 5. The van der Waals surface area contributed by atoms with Crippen molar-refractivity contribution in [2.75, 3.05) is 41.3 Å². The quantitative estimate of drug-likeness (QED) is 0.484. The van der Waals surface area contributed by atoms with E-state index in [4.69, 9.17) is 4.74 Å². The van der Waals surface area contributed by atoms with E-state index < -0.39 is 12.0 Å². The largest absolute Gasteiger partial charge is 0.467 e. The van der Waals surface area contributed by atoms with Crippen LogP contribution in [0.1, 0.15) is 13.8 Å². The molecule has 1 fully saturated rings. The SMILES string of the molecule is COC(=O)[C@H](C(C)C)N(C)C(=O)CN(C)C(=O)[C@H]1CN1C. The highest BCUT2D eigenvalue weighted by Crippen LogP contribution is 2.16. The number of hydrogen-bond donors (Lipinski definition) is 0. The van der Waals surface area contributed by atoms with Crippen LogP contribution in [0.4, 0.5) is 0 Å². The van der Waals surface area contributed by atoms with Crippen LogP contribution in [0.3, 0.4) is 0 Å². The number of carbonyl (C=O) groups excluding carboxylic acids is 3. The van der Waals surface area contributed by atoms with Crippen LogP contribution in [0, 0.1) is 5.92 Å². The van der Waals surface area contributed by atoms with Crippen molar-refractivity contribution in [3.8, 4) is 0 Å². The summed E-state index contributed by atoms with van der Waals surface area (Å²) in [7, 11) is 6.32. The first kappa shape index (κ1) is 17.4. The summed E-state index contributed by atoms with van der Waals surface area (Å²) >= 11 is 0. The van der Waals surface area contributed by atoms with Crippen LogP contribution >= 0.6 is 0 Å². The van der Waals surface area contributed by atoms with E-state index in [9.17, 15) is 14.4 Å². The monoisotopic (exact) mass is 299 g/mol. The Bertz CT molecular complexity index is 424. The van der Waals surface area contributed by atoms with Crippen molar-refractivity contribution in [1.82, 2.24) is 14.7 Å². The van der Waals surface area contributed by atoms with E-state index in [1.54, 1.807) is 14.1 Å². The summed E-state index contributed by atoms with van der Waals surface area (Å²) in [6.07, 6.45) is 0. The minimum atomic E-state index is -0.644. The Balaban J connectivity index is 2.64. The van der Waals surface area contributed by atoms with Crippen LogP contribution in [0.2, 0.25) is 0 Å². The van der Waals surface area contributed by atoms with Gasteiger partial charge in [0.2, 0.25) is 11.8 Å². The molecule has 1 saturated heterocycles. The molecule has 0 aromatic carbocycles. The van der Waals surface area contributed by atoms with Crippen molar-refractivity contribution >= 4 is 17.8 Å². The van der Waals surface area contributed by atoms with Gasteiger partial charge in [0.05, 0.1) is 13.7 Å². The lowest BCUT2D eigenvalue weighted by atomic mass is 10.0. The Morgan fingerprint density at radius 3 is 2.19 bits per heavy atom. The van der Waals surface area contributed by atoms with Gasteiger partial charge in [0.1, 0.15) is 12.1 Å². The Hall–Kier alpha value is -1.63. The number of ether oxygens (including phenoxy) is 1. The predicted octanol–water partition coefficient (Wildman–Crippen LogP) is -0.585. The van der Waals surface area contributed by atoms with E-state index in [2.05, 4.69) is 0 Å². The highest BCUT2D eigenvalue weighted by Gasteiger charge is 2.39. The molecule has 1 aliphatic rings. The molecule has 3 atom stereocenters. The van der Waals surface area contributed by atoms with E-state index in [0.29, 0.717) is 0 Å². The maximum Gasteiger partial charge on any atom is 0.328 e. The molecule has 1 aliphatic heterocycles. The Kier molecular flexibility index (Phi) is 5.71. The van der Waals surface area contributed by atoms with Crippen LogP contribution in [-0.2, 0) is 19.1 Å². The van der Waals surface area contributed by atoms with Gasteiger partial charge in [0.15, 0.2) is 0 Å². The minimum absolute atomic E-state index is 0.0418. The van der Waals surface area contributed by atoms with Crippen molar-refractivity contribution in [2.45, 2.75) is 25.9 Å². The number of nitrogens with zero attached hydrogens (tertiary/aromatic N) is 3. The first-order valence-electron chi connectivity index (χ1n) is 6.99. The first-order valence-corrected chi connectivity index (χ1v) is 6.99. The van der Waals surface area contributed by atoms with Gasteiger partial charge in [-0.05, 0) is 13.0 Å². The summed E-state index contributed by atoms with van der Waals surface area (Å²) in [5, 5.41) is 0. The third-order valence-electron chi connectivity index (χ3n) is 3.78. The molecule has 21 heavy (non-hydrogen) atoms. The fraction of sp³-hybridized carbons (Fsp3) is 0.786. The van der Waals surface area contributed by atoms with Crippen LogP contribution in [0.25, 0.3) is 0 Å². The second-order valence-corrected chi connectivity index (χ2v) is 5.87. The maximum atomic E-state index is 12.3. The summed E-state index contributed by atoms with van der Waals surface area (Å²) in [6.45, 7) is 4.38. The molecule has 0 aromatic rings. The molecule has 7 heteroatoms. The average molecular weight is 299 g/mol. The van der Waals surface area contributed by atoms with Crippen LogP contribution in [-0.4, -0.2) is 85.9 Å². The van der Waals surface area contributed by atoms with Crippen LogP contribution in [0.15, 0.2) is 0 Å². The van der Waals surface area contributed by atoms with Gasteiger partial charge >= 0.3 is 5.97 Å². The summed E-state index contributed by atoms with van der Waals surface area (Å²) in [4.78, 5) is 40.7. The van der Waals surface area contributed by atoms with Crippen LogP contribution < -0.4 is 0 Å². The first-order chi connectivity index (χ1) is 9.70. The predicted molar refractivity (Wildman–Crippen MR) is 77.5 cm³/mol. The van der Waals surface area contributed by atoms with Gasteiger partial charge in [0.25, 0.3) is 0 Å². The molecule has 0 radical (unpaired) electrons. The molecule has 120 valence electrons. The van der Waals surface area contributed by atoms with Crippen molar-refractivity contribution in [3.63, 3.8) is 0 Å². The Labute approximate surface area is 125 Å². The molecule has 0 bridgehead atoms. The highest BCUT2D eigenvalue weighted by molar-refractivity contribution is 5.90. The number of esters is 1. The maximum absolute atomic E-state index is 12.3. The molecule has 1 unspecified atom stereocenters. The van der Waals surface area contributed by atoms with E-state index in [1.165, 1.54) is 16.9 Å². The standard InChI is InChI=1S/C14H25N3O4/c1-9(2)12(14(20)21-6)17(5)11(18)8-16(4)13(19)10-7-15(10)3/h9-10,12H,7-8H2,1-6H3/t10-,12+,15?/m1/s1. The van der Waals surface area contributed by atoms with Crippen molar-refractivity contribution < 1.29 is 19.1 Å². The Morgan fingerprint density at radius 1 is 1.29 bits per heavy atom. The molecule has 0 spiro atoms. The fourth-order valence-corrected chi connectivity index (χ4v) is 2.29. The number of rotatable bonds is 6. The molecule has 1 rings (SSSR count). The summed E-state index contributed by atoms with van der Waals surface area (Å²) in [5.41, 5.74) is 0. The van der Waals surface area contributed by atoms with Gasteiger partial charge in [-0.25, -0.2) is 4.79 Å². The minimum Gasteiger partial charge on any atom is -0.467 e. The van der Waals surface area contributed by atoms with Crippen LogP contribution in [0.5, 0.6) is 0 Å². The van der Waals surface area contributed by atoms with Gasteiger partial charge in [-0.2, -0.15) is 0 Å². The smallest absolute Gasteiger partial charge is 0.328 e. The normalized spacial score (nSPS) is 21.7. The second kappa shape index (κ2) is 6.89. The van der Waals surface area contributed by atoms with E-state index in [-0.39, 0.29) is 30.3 Å². The lowest BCUT2D eigenvalue weighted by Crippen LogP contribution is -2.50. The van der Waals surface area contributed by atoms with Gasteiger partial charge in [0, 0.05) is 20.6 Å². The Morgan fingerprint density at radius 2 is 1.81 bits per heavy atom. The zero-order valence-electron chi connectivity index (χ0n) is 13.6. The van der Waals surface area contributed by atoms with Gasteiger partial charge in [-0.1, -0.05) is 13.8 Å². The van der Waals surface area contributed by atoms with Crippen molar-refractivity contribution in [1.29, 1.82) is 0 Å². The summed E-state index contributed by atoms with van der Waals surface area (Å²) in [5.74, 6) is -0.865. The van der Waals surface area contributed by atoms with E-state index in [0.717, 1.165) is 6.54 Å². The second-order valence-electron chi connectivity index (χ2n) is 5.87. The molecular weight excluding hydrogens is 274 g/mol. The summed E-state index contributed by atoms with van der Waals surface area (Å²) in [6, 6.07) is -0.760. The van der Waals surface area contributed by atoms with Crippen molar-refractivity contribution in [2.24, 2.45) is 5.92 Å². The zero-order valence-corrected chi connectivity index (χ0v) is 13.6. The van der Waals surface area contributed by atoms with E-state index >= 15 is 0 Å².